The van der Waals surface area contributed by atoms with Gasteiger partial charge in [-0.25, -0.2) is 19.0 Å². The van der Waals surface area contributed by atoms with Gasteiger partial charge in [-0.2, -0.15) is 0 Å². The minimum Gasteiger partial charge on any atom is -0.409 e. The van der Waals surface area contributed by atoms with E-state index in [4.69, 9.17) is 4.74 Å². The number of carbonyl (C=O) groups is 1. The molecule has 2 rings (SSSR count). The Kier molecular flexibility index (Phi) is 4.14. The number of halogens is 2. The number of nitrogens with one attached hydrogen (secondary N) is 2. The second kappa shape index (κ2) is 6.01. The number of anilines is 1. The number of hydrogen-bond acceptors (Lipinski definition) is 3. The lowest BCUT2D eigenvalue weighted by atomic mass is 10.2. The summed E-state index contributed by atoms with van der Waals surface area (Å²) in [6.45, 7) is 1.90. The van der Waals surface area contributed by atoms with Crippen LogP contribution in [0.2, 0.25) is 0 Å². The lowest BCUT2D eigenvalue weighted by molar-refractivity contribution is 0.202. The van der Waals surface area contributed by atoms with Gasteiger partial charge in [0, 0.05) is 6.07 Å². The standard InChI is InChI=1S/C14H12F2N2O2/c1-9-2-5-11(6-3-9)20-14(19)18-17-13-8-10(15)4-7-12(13)16/h2-8,17H,1H3,(H,18,19). The third-order valence-corrected chi connectivity index (χ3v) is 2.46. The van der Waals surface area contributed by atoms with Crippen LogP contribution in [0.5, 0.6) is 5.75 Å². The van der Waals surface area contributed by atoms with Crippen LogP contribution in [0.25, 0.3) is 0 Å². The summed E-state index contributed by atoms with van der Waals surface area (Å²) < 4.78 is 31.1. The number of carbonyl (C=O) groups excluding carboxylic acids is 1. The van der Waals surface area contributed by atoms with Crippen LogP contribution in [0.4, 0.5) is 19.3 Å². The number of hydrogen-bond donors (Lipinski definition) is 2. The average molecular weight is 278 g/mol. The van der Waals surface area contributed by atoms with Crippen molar-refractivity contribution in [2.45, 2.75) is 6.92 Å². The van der Waals surface area contributed by atoms with Crippen molar-refractivity contribution in [3.8, 4) is 5.75 Å². The van der Waals surface area contributed by atoms with Gasteiger partial charge in [-0.15, -0.1) is 0 Å². The molecule has 6 heteroatoms. The van der Waals surface area contributed by atoms with Gasteiger partial charge in [-0.1, -0.05) is 17.7 Å². The second-order valence-corrected chi connectivity index (χ2v) is 4.08. The van der Waals surface area contributed by atoms with Crippen molar-refractivity contribution in [3.05, 3.63) is 59.7 Å². The van der Waals surface area contributed by atoms with Gasteiger partial charge in [-0.05, 0) is 31.2 Å². The molecule has 0 radical (unpaired) electrons. The molecule has 4 nitrogen and oxygen atoms in total. The van der Waals surface area contributed by atoms with Gasteiger partial charge in [0.25, 0.3) is 0 Å². The van der Waals surface area contributed by atoms with E-state index in [9.17, 15) is 13.6 Å². The fourth-order valence-electron chi connectivity index (χ4n) is 1.45. The van der Waals surface area contributed by atoms with E-state index in [-0.39, 0.29) is 5.69 Å². The predicted molar refractivity (Wildman–Crippen MR) is 70.3 cm³/mol. The second-order valence-electron chi connectivity index (χ2n) is 4.08. The first-order valence-electron chi connectivity index (χ1n) is 5.80. The highest BCUT2D eigenvalue weighted by Gasteiger charge is 2.07. The fraction of sp³-hybridized carbons (Fsp3) is 0.0714. The molecule has 1 amide bonds. The van der Waals surface area contributed by atoms with Crippen LogP contribution in [0.3, 0.4) is 0 Å². The molecular weight excluding hydrogens is 266 g/mol. The highest BCUT2D eigenvalue weighted by atomic mass is 19.1. The summed E-state index contributed by atoms with van der Waals surface area (Å²) in [5.41, 5.74) is 5.19. The average Bonchev–Trinajstić information content (AvgIpc) is 2.42. The Morgan fingerprint density at radius 2 is 1.80 bits per heavy atom. The number of ether oxygens (including phenoxy) is 1. The van der Waals surface area contributed by atoms with Crippen LogP contribution in [-0.4, -0.2) is 6.09 Å². The van der Waals surface area contributed by atoms with E-state index in [1.807, 2.05) is 6.92 Å². The first-order chi connectivity index (χ1) is 9.54. The summed E-state index contributed by atoms with van der Waals surface area (Å²) in [7, 11) is 0. The zero-order chi connectivity index (χ0) is 14.5. The van der Waals surface area contributed by atoms with Gasteiger partial charge < -0.3 is 4.74 Å². The normalized spacial score (nSPS) is 9.95. The minimum atomic E-state index is -0.836. The van der Waals surface area contributed by atoms with Crippen LogP contribution in [0.15, 0.2) is 42.5 Å². The van der Waals surface area contributed by atoms with Gasteiger partial charge in [0.1, 0.15) is 17.4 Å². The Balaban J connectivity index is 1.92. The van der Waals surface area contributed by atoms with Gasteiger partial charge in [0.2, 0.25) is 0 Å². The van der Waals surface area contributed by atoms with E-state index in [2.05, 4.69) is 10.9 Å². The zero-order valence-electron chi connectivity index (χ0n) is 10.6. The van der Waals surface area contributed by atoms with E-state index in [1.165, 1.54) is 0 Å². The zero-order valence-corrected chi connectivity index (χ0v) is 10.6. The van der Waals surface area contributed by atoms with Crippen molar-refractivity contribution in [2.24, 2.45) is 0 Å². The van der Waals surface area contributed by atoms with Gasteiger partial charge >= 0.3 is 6.09 Å². The SMILES string of the molecule is Cc1ccc(OC(=O)NNc2cc(F)ccc2F)cc1. The van der Waals surface area contributed by atoms with E-state index in [0.717, 1.165) is 23.8 Å². The number of benzene rings is 2. The van der Waals surface area contributed by atoms with Gasteiger partial charge in [0.05, 0.1) is 5.69 Å². The molecule has 0 aliphatic carbocycles. The molecule has 20 heavy (non-hydrogen) atoms. The van der Waals surface area contributed by atoms with E-state index < -0.39 is 17.7 Å². The monoisotopic (exact) mass is 278 g/mol. The molecule has 104 valence electrons. The molecule has 2 aromatic rings. The summed E-state index contributed by atoms with van der Waals surface area (Å²) in [5.74, 6) is -0.973. The smallest absolute Gasteiger partial charge is 0.409 e. The molecule has 0 spiro atoms. The molecule has 0 aromatic heterocycles. The molecular formula is C14H12F2N2O2. The van der Waals surface area contributed by atoms with Gasteiger partial charge in [0.15, 0.2) is 0 Å². The number of hydrazine groups is 1. The highest BCUT2D eigenvalue weighted by molar-refractivity contribution is 5.72. The molecule has 0 atom stereocenters. The Morgan fingerprint density at radius 3 is 2.50 bits per heavy atom. The Bertz CT molecular complexity index is 615. The number of rotatable bonds is 3. The van der Waals surface area contributed by atoms with E-state index in [0.29, 0.717) is 5.75 Å². The van der Waals surface area contributed by atoms with Crippen molar-refractivity contribution >= 4 is 11.8 Å². The van der Waals surface area contributed by atoms with Crippen LogP contribution >= 0.6 is 0 Å². The summed E-state index contributed by atoms with van der Waals surface area (Å²) in [5, 5.41) is 0. The summed E-state index contributed by atoms with van der Waals surface area (Å²) in [4.78, 5) is 11.5. The summed E-state index contributed by atoms with van der Waals surface area (Å²) >= 11 is 0. The molecule has 0 fully saturated rings. The van der Waals surface area contributed by atoms with E-state index >= 15 is 0 Å². The van der Waals surface area contributed by atoms with Crippen LogP contribution in [0, 0.1) is 18.6 Å². The quantitative estimate of drug-likeness (QED) is 0.846. The lowest BCUT2D eigenvalue weighted by Gasteiger charge is -2.10. The summed E-state index contributed by atoms with van der Waals surface area (Å²) in [6, 6.07) is 9.65. The Hall–Kier alpha value is -2.63. The van der Waals surface area contributed by atoms with Crippen molar-refractivity contribution in [1.29, 1.82) is 0 Å². The fourth-order valence-corrected chi connectivity index (χ4v) is 1.45. The van der Waals surface area contributed by atoms with Crippen molar-refractivity contribution in [3.63, 3.8) is 0 Å². The predicted octanol–water partition coefficient (Wildman–Crippen LogP) is 3.39. The molecule has 0 bridgehead atoms. The molecule has 0 saturated carbocycles. The highest BCUT2D eigenvalue weighted by Crippen LogP contribution is 2.14. The topological polar surface area (TPSA) is 50.4 Å². The molecule has 2 N–H and O–H groups in total. The van der Waals surface area contributed by atoms with Crippen LogP contribution < -0.4 is 15.6 Å². The minimum absolute atomic E-state index is 0.189. The molecule has 0 saturated heterocycles. The maximum atomic E-state index is 13.3. The van der Waals surface area contributed by atoms with Crippen molar-refractivity contribution in [1.82, 2.24) is 5.43 Å². The number of aryl methyl sites for hydroxylation is 1. The Labute approximate surface area is 114 Å². The molecule has 0 aliphatic heterocycles. The van der Waals surface area contributed by atoms with Gasteiger partial charge in [-0.3, -0.25) is 5.43 Å². The Morgan fingerprint density at radius 1 is 1.10 bits per heavy atom. The first kappa shape index (κ1) is 13.8. The van der Waals surface area contributed by atoms with Crippen molar-refractivity contribution < 1.29 is 18.3 Å². The summed E-state index contributed by atoms with van der Waals surface area (Å²) in [6.07, 6.45) is -0.836. The number of amides is 1. The largest absolute Gasteiger partial charge is 0.431 e. The molecule has 2 aromatic carbocycles. The maximum Gasteiger partial charge on any atom is 0.431 e. The van der Waals surface area contributed by atoms with Crippen molar-refractivity contribution in [2.75, 3.05) is 5.43 Å². The third kappa shape index (κ3) is 3.68. The molecule has 0 unspecified atom stereocenters. The third-order valence-electron chi connectivity index (χ3n) is 2.46. The lowest BCUT2D eigenvalue weighted by Crippen LogP contribution is -2.32. The maximum absolute atomic E-state index is 13.3. The van der Waals surface area contributed by atoms with E-state index in [1.54, 1.807) is 24.3 Å². The van der Waals surface area contributed by atoms with Crippen LogP contribution in [0.1, 0.15) is 5.56 Å². The van der Waals surface area contributed by atoms with Crippen LogP contribution in [-0.2, 0) is 0 Å². The molecule has 0 heterocycles. The first-order valence-corrected chi connectivity index (χ1v) is 5.80. The molecule has 0 aliphatic rings.